The number of nitrogens with zero attached hydrogens (tertiary/aromatic N) is 2. The van der Waals surface area contributed by atoms with Crippen LogP contribution in [0, 0.1) is 11.8 Å². The van der Waals surface area contributed by atoms with Crippen LogP contribution >= 0.6 is 0 Å². The molecule has 1 rings (SSSR count). The summed E-state index contributed by atoms with van der Waals surface area (Å²) >= 11 is 0. The molecule has 1 saturated heterocycles. The highest BCUT2D eigenvalue weighted by Gasteiger charge is 2.23. The summed E-state index contributed by atoms with van der Waals surface area (Å²) in [5.74, 6) is 2.50. The lowest BCUT2D eigenvalue weighted by atomic mass is 9.92. The fourth-order valence-corrected chi connectivity index (χ4v) is 3.43. The number of hydrogen-bond donors (Lipinski definition) is 1. The van der Waals surface area contributed by atoms with Gasteiger partial charge in [0.05, 0.1) is 5.75 Å². The summed E-state index contributed by atoms with van der Waals surface area (Å²) in [5, 5.41) is 3.32. The summed E-state index contributed by atoms with van der Waals surface area (Å²) in [7, 11) is -2.88. The lowest BCUT2D eigenvalue weighted by molar-refractivity contribution is 0.208. The molecule has 0 spiro atoms. The molecule has 1 aliphatic heterocycles. The van der Waals surface area contributed by atoms with Crippen LogP contribution in [0.1, 0.15) is 33.6 Å². The van der Waals surface area contributed by atoms with Crippen LogP contribution < -0.4 is 5.32 Å². The summed E-state index contributed by atoms with van der Waals surface area (Å²) in [5.41, 5.74) is 0. The zero-order chi connectivity index (χ0) is 15.2. The lowest BCUT2D eigenvalue weighted by Crippen LogP contribution is -2.48. The summed E-state index contributed by atoms with van der Waals surface area (Å²) in [6.45, 7) is 10.1. The van der Waals surface area contributed by atoms with E-state index in [2.05, 4.69) is 36.0 Å². The third-order valence-electron chi connectivity index (χ3n) is 3.44. The second-order valence-electron chi connectivity index (χ2n) is 6.07. The van der Waals surface area contributed by atoms with Gasteiger partial charge in [-0.1, -0.05) is 13.8 Å². The van der Waals surface area contributed by atoms with E-state index >= 15 is 0 Å². The molecule has 1 aliphatic rings. The number of piperidine rings is 1. The molecule has 6 heteroatoms. The van der Waals surface area contributed by atoms with Crippen molar-refractivity contribution in [2.75, 3.05) is 38.2 Å². The van der Waals surface area contributed by atoms with Gasteiger partial charge in [-0.15, -0.1) is 0 Å². The van der Waals surface area contributed by atoms with Crippen molar-refractivity contribution in [3.05, 3.63) is 0 Å². The number of rotatable bonds is 5. The van der Waals surface area contributed by atoms with Gasteiger partial charge < -0.3 is 10.2 Å². The highest BCUT2D eigenvalue weighted by molar-refractivity contribution is 7.90. The smallest absolute Gasteiger partial charge is 0.193 e. The monoisotopic (exact) mass is 303 g/mol. The van der Waals surface area contributed by atoms with E-state index in [1.54, 1.807) is 0 Å². The molecule has 0 saturated carbocycles. The molecule has 2 atom stereocenters. The van der Waals surface area contributed by atoms with Gasteiger partial charge in [-0.25, -0.2) is 8.42 Å². The Labute approximate surface area is 123 Å². The Hall–Kier alpha value is -0.780. The van der Waals surface area contributed by atoms with E-state index in [9.17, 15) is 8.42 Å². The molecule has 0 amide bonds. The summed E-state index contributed by atoms with van der Waals surface area (Å²) in [6.07, 6.45) is 3.13. The zero-order valence-corrected chi connectivity index (χ0v) is 14.0. The minimum Gasteiger partial charge on any atom is -0.357 e. The van der Waals surface area contributed by atoms with Crippen molar-refractivity contribution < 1.29 is 8.42 Å². The van der Waals surface area contributed by atoms with Gasteiger partial charge in [0.25, 0.3) is 0 Å². The van der Waals surface area contributed by atoms with E-state index in [-0.39, 0.29) is 5.75 Å². The molecule has 0 radical (unpaired) electrons. The van der Waals surface area contributed by atoms with E-state index < -0.39 is 9.84 Å². The van der Waals surface area contributed by atoms with Crippen molar-refractivity contribution in [2.45, 2.75) is 33.6 Å². The maximum absolute atomic E-state index is 11.1. The van der Waals surface area contributed by atoms with Crippen LogP contribution in [0.3, 0.4) is 0 Å². The van der Waals surface area contributed by atoms with E-state index in [0.29, 0.717) is 24.8 Å². The van der Waals surface area contributed by atoms with Crippen molar-refractivity contribution in [2.24, 2.45) is 16.8 Å². The fourth-order valence-electron chi connectivity index (χ4n) is 2.77. The molecule has 1 N–H and O–H groups in total. The van der Waals surface area contributed by atoms with Gasteiger partial charge in [0.2, 0.25) is 0 Å². The number of hydrogen-bond acceptors (Lipinski definition) is 3. The molecule has 0 aromatic rings. The largest absolute Gasteiger partial charge is 0.357 e. The molecule has 0 bridgehead atoms. The zero-order valence-electron chi connectivity index (χ0n) is 13.2. The quantitative estimate of drug-likeness (QED) is 0.473. The minimum absolute atomic E-state index is 0.211. The van der Waals surface area contributed by atoms with Crippen molar-refractivity contribution >= 4 is 15.8 Å². The Morgan fingerprint density at radius 1 is 1.30 bits per heavy atom. The van der Waals surface area contributed by atoms with Crippen molar-refractivity contribution in [3.63, 3.8) is 0 Å². The number of aliphatic imine (C=N–C) groups is 1. The molecular formula is C14H29N3O2S. The van der Waals surface area contributed by atoms with Crippen LogP contribution in [0.25, 0.3) is 0 Å². The van der Waals surface area contributed by atoms with Gasteiger partial charge in [-0.05, 0) is 31.6 Å². The van der Waals surface area contributed by atoms with Crippen LogP contribution in [0.2, 0.25) is 0 Å². The normalized spacial score (nSPS) is 24.8. The topological polar surface area (TPSA) is 61.8 Å². The van der Waals surface area contributed by atoms with Crippen LogP contribution in [0.4, 0.5) is 0 Å². The summed E-state index contributed by atoms with van der Waals surface area (Å²) < 4.78 is 22.2. The first-order chi connectivity index (χ1) is 9.31. The lowest BCUT2D eigenvalue weighted by Gasteiger charge is -2.37. The Balaban J connectivity index is 2.58. The summed E-state index contributed by atoms with van der Waals surface area (Å²) in [6, 6.07) is 0. The first-order valence-corrected chi connectivity index (χ1v) is 9.59. The fraction of sp³-hybridized carbons (Fsp3) is 0.929. The Bertz CT molecular complexity index is 410. The van der Waals surface area contributed by atoms with Crippen molar-refractivity contribution in [3.8, 4) is 0 Å². The first kappa shape index (κ1) is 17.3. The predicted octanol–water partition coefficient (Wildman–Crippen LogP) is 1.36. The average molecular weight is 303 g/mol. The molecule has 0 aromatic heterocycles. The Morgan fingerprint density at radius 2 is 1.90 bits per heavy atom. The number of likely N-dealkylation sites (tertiary alicyclic amines) is 1. The molecular weight excluding hydrogens is 274 g/mol. The maximum Gasteiger partial charge on any atom is 0.193 e. The molecule has 2 unspecified atom stereocenters. The molecule has 0 aliphatic carbocycles. The van der Waals surface area contributed by atoms with E-state index in [4.69, 9.17) is 0 Å². The number of nitrogens with one attached hydrogen (secondary N) is 1. The molecule has 118 valence electrons. The van der Waals surface area contributed by atoms with Crippen LogP contribution in [-0.4, -0.2) is 57.5 Å². The van der Waals surface area contributed by atoms with Gasteiger partial charge in [0.15, 0.2) is 5.96 Å². The summed E-state index contributed by atoms with van der Waals surface area (Å²) in [4.78, 5) is 6.88. The van der Waals surface area contributed by atoms with Gasteiger partial charge >= 0.3 is 0 Å². The number of guanidine groups is 1. The maximum atomic E-state index is 11.1. The van der Waals surface area contributed by atoms with Crippen molar-refractivity contribution in [1.29, 1.82) is 0 Å². The minimum atomic E-state index is -2.88. The third-order valence-corrected chi connectivity index (χ3v) is 4.47. The van der Waals surface area contributed by atoms with Gasteiger partial charge in [-0.2, -0.15) is 0 Å². The molecule has 20 heavy (non-hydrogen) atoms. The van der Waals surface area contributed by atoms with Gasteiger partial charge in [-0.3, -0.25) is 4.99 Å². The predicted molar refractivity (Wildman–Crippen MR) is 84.8 cm³/mol. The van der Waals surface area contributed by atoms with Gasteiger partial charge in [0.1, 0.15) is 9.84 Å². The Kier molecular flexibility index (Phi) is 6.79. The van der Waals surface area contributed by atoms with Crippen LogP contribution in [0.15, 0.2) is 4.99 Å². The number of sulfone groups is 1. The SMILES string of the molecule is CCNC(=NCCCS(C)(=O)=O)N1CC(C)CC(C)C1. The second-order valence-corrected chi connectivity index (χ2v) is 8.33. The standard InChI is InChI=1S/C14H29N3O2S/c1-5-15-14(16-7-6-8-20(4,18)19)17-10-12(2)9-13(3)11-17/h12-13H,5-11H2,1-4H3,(H,15,16). The molecule has 1 fully saturated rings. The van der Waals surface area contributed by atoms with E-state index in [1.807, 2.05) is 0 Å². The van der Waals surface area contributed by atoms with Gasteiger partial charge in [0, 0.05) is 32.4 Å². The van der Waals surface area contributed by atoms with Crippen LogP contribution in [0.5, 0.6) is 0 Å². The van der Waals surface area contributed by atoms with Crippen molar-refractivity contribution in [1.82, 2.24) is 10.2 Å². The molecule has 0 aromatic carbocycles. The third kappa shape index (κ3) is 6.59. The van der Waals surface area contributed by atoms with E-state index in [0.717, 1.165) is 25.6 Å². The first-order valence-electron chi connectivity index (χ1n) is 7.52. The molecule has 5 nitrogen and oxygen atoms in total. The Morgan fingerprint density at radius 3 is 2.40 bits per heavy atom. The average Bonchev–Trinajstić information content (AvgIpc) is 2.30. The molecule has 1 heterocycles. The second kappa shape index (κ2) is 7.86. The highest BCUT2D eigenvalue weighted by Crippen LogP contribution is 2.20. The van der Waals surface area contributed by atoms with Crippen LogP contribution in [-0.2, 0) is 9.84 Å². The highest BCUT2D eigenvalue weighted by atomic mass is 32.2. The van der Waals surface area contributed by atoms with E-state index in [1.165, 1.54) is 12.7 Å².